The van der Waals surface area contributed by atoms with Crippen LogP contribution in [0.3, 0.4) is 0 Å². The molecular weight excluding hydrogens is 498 g/mol. The van der Waals surface area contributed by atoms with Gasteiger partial charge in [0.2, 0.25) is 0 Å². The zero-order valence-electron chi connectivity index (χ0n) is 24.1. The molecule has 1 heterocycles. The number of nitrogens with zero attached hydrogens (tertiary/aromatic N) is 1. The quantitative estimate of drug-likeness (QED) is 0.380. The third-order valence-corrected chi connectivity index (χ3v) is 6.33. The standard InChI is InChI=1S/C30H39N3O6/c1-29(2,3)38-27(34)32-18-10-13-23-22(15-18)21-12-9-19(16-24(21)33(23)28(35)39-30(4,5)6)31-20-11-14-25(36-7)26(17-20)37-8/h9,11-12,14,16-18,31H,10,13,15H2,1-8H3,(H,32,34). The minimum absolute atomic E-state index is 0.102. The van der Waals surface area contributed by atoms with Gasteiger partial charge in [-0.05, 0) is 90.6 Å². The highest BCUT2D eigenvalue weighted by atomic mass is 16.6. The van der Waals surface area contributed by atoms with E-state index in [1.54, 1.807) is 18.8 Å². The first kappa shape index (κ1) is 28.1. The van der Waals surface area contributed by atoms with Crippen molar-refractivity contribution in [3.05, 3.63) is 47.7 Å². The summed E-state index contributed by atoms with van der Waals surface area (Å²) >= 11 is 0. The van der Waals surface area contributed by atoms with E-state index in [1.165, 1.54) is 0 Å². The maximum Gasteiger partial charge on any atom is 0.419 e. The van der Waals surface area contributed by atoms with Crippen LogP contribution in [0.1, 0.15) is 59.2 Å². The highest BCUT2D eigenvalue weighted by Crippen LogP contribution is 2.36. The van der Waals surface area contributed by atoms with Crippen molar-refractivity contribution in [2.45, 2.75) is 78.0 Å². The molecule has 0 bridgehead atoms. The molecule has 9 nitrogen and oxygen atoms in total. The molecule has 1 aliphatic carbocycles. The Morgan fingerprint density at radius 2 is 1.51 bits per heavy atom. The number of carbonyl (C=O) groups excluding carboxylic acids is 2. The molecule has 2 N–H and O–H groups in total. The van der Waals surface area contributed by atoms with Crippen LogP contribution in [0, 0.1) is 0 Å². The van der Waals surface area contributed by atoms with Crippen LogP contribution in [0.15, 0.2) is 36.4 Å². The molecule has 9 heteroatoms. The molecule has 1 aliphatic rings. The van der Waals surface area contributed by atoms with Crippen molar-refractivity contribution in [1.29, 1.82) is 0 Å². The van der Waals surface area contributed by atoms with E-state index in [2.05, 4.69) is 10.6 Å². The molecule has 0 aliphatic heterocycles. The SMILES string of the molecule is COc1ccc(Nc2ccc3c4c(n(C(=O)OC(C)(C)C)c3c2)CCC(NC(=O)OC(C)(C)C)C4)cc1OC. The largest absolute Gasteiger partial charge is 0.493 e. The number of amides is 1. The van der Waals surface area contributed by atoms with Crippen molar-refractivity contribution in [2.75, 3.05) is 19.5 Å². The van der Waals surface area contributed by atoms with Crippen LogP contribution in [0.4, 0.5) is 21.0 Å². The Balaban J connectivity index is 1.70. The van der Waals surface area contributed by atoms with Gasteiger partial charge in [0.1, 0.15) is 11.2 Å². The first-order chi connectivity index (χ1) is 18.3. The van der Waals surface area contributed by atoms with Gasteiger partial charge in [0.15, 0.2) is 11.5 Å². The third-order valence-electron chi connectivity index (χ3n) is 6.33. The summed E-state index contributed by atoms with van der Waals surface area (Å²) in [5.74, 6) is 1.25. The van der Waals surface area contributed by atoms with Crippen LogP contribution in [0.2, 0.25) is 0 Å². The van der Waals surface area contributed by atoms with Gasteiger partial charge in [0, 0.05) is 34.6 Å². The molecule has 1 atom stereocenters. The summed E-state index contributed by atoms with van der Waals surface area (Å²) < 4.78 is 23.7. The fourth-order valence-corrected chi connectivity index (χ4v) is 4.83. The second-order valence-electron chi connectivity index (χ2n) is 11.8. The lowest BCUT2D eigenvalue weighted by atomic mass is 9.91. The minimum atomic E-state index is -0.647. The van der Waals surface area contributed by atoms with Gasteiger partial charge in [0.05, 0.1) is 19.7 Å². The Morgan fingerprint density at radius 3 is 2.15 bits per heavy atom. The van der Waals surface area contributed by atoms with E-state index >= 15 is 0 Å². The van der Waals surface area contributed by atoms with Crippen molar-refractivity contribution in [1.82, 2.24) is 9.88 Å². The van der Waals surface area contributed by atoms with Gasteiger partial charge in [-0.25, -0.2) is 14.2 Å². The van der Waals surface area contributed by atoms with Gasteiger partial charge in [-0.2, -0.15) is 0 Å². The average molecular weight is 538 g/mol. The van der Waals surface area contributed by atoms with Crippen molar-refractivity contribution in [3.8, 4) is 11.5 Å². The van der Waals surface area contributed by atoms with E-state index in [9.17, 15) is 9.59 Å². The first-order valence-corrected chi connectivity index (χ1v) is 13.2. The molecule has 2 aromatic carbocycles. The number of methoxy groups -OCH3 is 2. The van der Waals surface area contributed by atoms with Crippen LogP contribution < -0.4 is 20.1 Å². The number of anilines is 2. The van der Waals surface area contributed by atoms with Gasteiger partial charge >= 0.3 is 12.2 Å². The first-order valence-electron chi connectivity index (χ1n) is 13.2. The summed E-state index contributed by atoms with van der Waals surface area (Å²) in [5, 5.41) is 7.35. The van der Waals surface area contributed by atoms with Crippen LogP contribution in [-0.2, 0) is 22.3 Å². The molecule has 1 aromatic heterocycles. The molecule has 4 rings (SSSR count). The van der Waals surface area contributed by atoms with Crippen molar-refractivity contribution >= 4 is 34.5 Å². The normalized spacial score (nSPS) is 15.3. The lowest BCUT2D eigenvalue weighted by Crippen LogP contribution is -2.42. The Morgan fingerprint density at radius 1 is 0.872 bits per heavy atom. The lowest BCUT2D eigenvalue weighted by molar-refractivity contribution is 0.0490. The maximum absolute atomic E-state index is 13.4. The molecular formula is C30H39N3O6. The summed E-state index contributed by atoms with van der Waals surface area (Å²) in [7, 11) is 3.19. The van der Waals surface area contributed by atoms with Gasteiger partial charge in [-0.15, -0.1) is 0 Å². The molecule has 39 heavy (non-hydrogen) atoms. The summed E-state index contributed by atoms with van der Waals surface area (Å²) in [6, 6.07) is 11.4. The Bertz CT molecular complexity index is 1380. The van der Waals surface area contributed by atoms with Gasteiger partial charge in [-0.3, -0.25) is 0 Å². The van der Waals surface area contributed by atoms with Gasteiger partial charge in [0.25, 0.3) is 0 Å². The zero-order chi connectivity index (χ0) is 28.5. The minimum Gasteiger partial charge on any atom is -0.493 e. The third kappa shape index (κ3) is 6.58. The van der Waals surface area contributed by atoms with Crippen LogP contribution in [0.25, 0.3) is 10.9 Å². The highest BCUT2D eigenvalue weighted by molar-refractivity contribution is 5.96. The van der Waals surface area contributed by atoms with E-state index in [0.717, 1.165) is 33.5 Å². The fourth-order valence-electron chi connectivity index (χ4n) is 4.83. The van der Waals surface area contributed by atoms with Gasteiger partial charge in [-0.1, -0.05) is 6.07 Å². The molecule has 0 radical (unpaired) electrons. The average Bonchev–Trinajstić information content (AvgIpc) is 3.14. The van der Waals surface area contributed by atoms with Crippen molar-refractivity contribution in [3.63, 3.8) is 0 Å². The molecule has 0 spiro atoms. The van der Waals surface area contributed by atoms with Crippen molar-refractivity contribution in [2.24, 2.45) is 0 Å². The topological polar surface area (TPSA) is 100 Å². The fraction of sp³-hybridized carbons (Fsp3) is 0.467. The number of hydrogen-bond donors (Lipinski definition) is 2. The summed E-state index contributed by atoms with van der Waals surface area (Å²) in [6.07, 6.45) is 1.02. The van der Waals surface area contributed by atoms with Crippen LogP contribution in [0.5, 0.6) is 11.5 Å². The molecule has 210 valence electrons. The van der Waals surface area contributed by atoms with Crippen LogP contribution >= 0.6 is 0 Å². The number of carbonyl (C=O) groups is 2. The Hall–Kier alpha value is -3.88. The van der Waals surface area contributed by atoms with E-state index in [-0.39, 0.29) is 6.04 Å². The second-order valence-corrected chi connectivity index (χ2v) is 11.8. The molecule has 3 aromatic rings. The zero-order valence-corrected chi connectivity index (χ0v) is 24.1. The lowest BCUT2D eigenvalue weighted by Gasteiger charge is -2.27. The number of fused-ring (bicyclic) bond motifs is 3. The number of benzene rings is 2. The summed E-state index contributed by atoms with van der Waals surface area (Å²) in [5.41, 5.74) is 3.08. The predicted molar refractivity (Wildman–Crippen MR) is 152 cm³/mol. The number of alkyl carbamates (subject to hydrolysis) is 1. The predicted octanol–water partition coefficient (Wildman–Crippen LogP) is 6.57. The van der Waals surface area contributed by atoms with Crippen molar-refractivity contribution < 1.29 is 28.5 Å². The number of hydrogen-bond acceptors (Lipinski definition) is 7. The van der Waals surface area contributed by atoms with E-state index in [4.69, 9.17) is 18.9 Å². The number of ether oxygens (including phenoxy) is 4. The monoisotopic (exact) mass is 537 g/mol. The van der Waals surface area contributed by atoms with E-state index in [0.29, 0.717) is 30.8 Å². The smallest absolute Gasteiger partial charge is 0.419 e. The summed E-state index contributed by atoms with van der Waals surface area (Å²) in [6.45, 7) is 11.1. The summed E-state index contributed by atoms with van der Waals surface area (Å²) in [4.78, 5) is 25.9. The molecule has 1 unspecified atom stereocenters. The van der Waals surface area contributed by atoms with Crippen LogP contribution in [-0.4, -0.2) is 48.2 Å². The van der Waals surface area contributed by atoms with Gasteiger partial charge < -0.3 is 29.6 Å². The number of nitrogens with one attached hydrogen (secondary N) is 2. The second kappa shape index (κ2) is 10.7. The number of aromatic nitrogens is 1. The molecule has 0 saturated carbocycles. The molecule has 0 saturated heterocycles. The number of rotatable bonds is 5. The maximum atomic E-state index is 13.4. The van der Waals surface area contributed by atoms with E-state index in [1.807, 2.05) is 77.9 Å². The molecule has 1 amide bonds. The molecule has 0 fully saturated rings. The highest BCUT2D eigenvalue weighted by Gasteiger charge is 2.31. The van der Waals surface area contributed by atoms with E-state index < -0.39 is 23.4 Å². The Labute approximate surface area is 229 Å². The Kier molecular flexibility index (Phi) is 7.73.